The molecule has 0 aliphatic rings. The normalized spacial score (nSPS) is 12.4. The summed E-state index contributed by atoms with van der Waals surface area (Å²) < 4.78 is 17.7. The monoisotopic (exact) mass is 337 g/mol. The SMILES string of the molecule is C[C@H](Oc1ccccc1)c1nc(-c2ccc3c(c2)oc(=O)n3C)no1. The van der Waals surface area contributed by atoms with E-state index < -0.39 is 5.76 Å². The molecular formula is C18H15N3O4. The molecule has 4 aromatic rings. The molecular weight excluding hydrogens is 322 g/mol. The second-order valence-corrected chi connectivity index (χ2v) is 5.64. The van der Waals surface area contributed by atoms with Crippen LogP contribution in [0.5, 0.6) is 5.75 Å². The van der Waals surface area contributed by atoms with E-state index in [4.69, 9.17) is 13.7 Å². The number of hydrogen-bond acceptors (Lipinski definition) is 6. The van der Waals surface area contributed by atoms with Gasteiger partial charge in [-0.25, -0.2) is 4.79 Å². The zero-order chi connectivity index (χ0) is 17.4. The van der Waals surface area contributed by atoms with Crippen LogP contribution in [0.3, 0.4) is 0 Å². The van der Waals surface area contributed by atoms with Crippen LogP contribution in [0.15, 0.2) is 62.3 Å². The van der Waals surface area contributed by atoms with Gasteiger partial charge < -0.3 is 13.7 Å². The number of ether oxygens (including phenoxy) is 1. The molecule has 0 aliphatic heterocycles. The highest BCUT2D eigenvalue weighted by molar-refractivity contribution is 5.78. The Hall–Kier alpha value is -3.35. The zero-order valence-corrected chi connectivity index (χ0v) is 13.7. The van der Waals surface area contributed by atoms with Crippen LogP contribution < -0.4 is 10.5 Å². The van der Waals surface area contributed by atoms with Crippen molar-refractivity contribution in [1.82, 2.24) is 14.7 Å². The topological polar surface area (TPSA) is 83.3 Å². The van der Waals surface area contributed by atoms with Gasteiger partial charge >= 0.3 is 5.76 Å². The number of rotatable bonds is 4. The lowest BCUT2D eigenvalue weighted by Gasteiger charge is -2.09. The molecule has 0 N–H and O–H groups in total. The summed E-state index contributed by atoms with van der Waals surface area (Å²) in [4.78, 5) is 16.0. The fourth-order valence-electron chi connectivity index (χ4n) is 2.54. The van der Waals surface area contributed by atoms with Crippen LogP contribution in [0, 0.1) is 0 Å². The Kier molecular flexibility index (Phi) is 3.61. The zero-order valence-electron chi connectivity index (χ0n) is 13.7. The second-order valence-electron chi connectivity index (χ2n) is 5.64. The molecule has 0 unspecified atom stereocenters. The Morgan fingerprint density at radius 3 is 2.76 bits per heavy atom. The van der Waals surface area contributed by atoms with Crippen molar-refractivity contribution in [1.29, 1.82) is 0 Å². The number of benzene rings is 2. The standard InChI is InChI=1S/C18H15N3O4/c1-11(23-13-6-4-3-5-7-13)17-19-16(20-25-17)12-8-9-14-15(10-12)24-18(22)21(14)2/h3-11H,1-2H3/t11-/m0/s1. The van der Waals surface area contributed by atoms with Gasteiger partial charge in [0.1, 0.15) is 5.75 Å². The van der Waals surface area contributed by atoms with E-state index in [0.717, 1.165) is 5.75 Å². The third-order valence-electron chi connectivity index (χ3n) is 3.90. The predicted molar refractivity (Wildman–Crippen MR) is 90.2 cm³/mol. The lowest BCUT2D eigenvalue weighted by molar-refractivity contribution is 0.176. The summed E-state index contributed by atoms with van der Waals surface area (Å²) in [5.41, 5.74) is 1.88. The van der Waals surface area contributed by atoms with Crippen LogP contribution in [0.25, 0.3) is 22.5 Å². The quantitative estimate of drug-likeness (QED) is 0.568. The van der Waals surface area contributed by atoms with Crippen LogP contribution in [0.1, 0.15) is 18.9 Å². The highest BCUT2D eigenvalue weighted by atomic mass is 16.5. The molecule has 4 rings (SSSR count). The first-order valence-electron chi connectivity index (χ1n) is 7.77. The average molecular weight is 337 g/mol. The van der Waals surface area contributed by atoms with Crippen LogP contribution in [-0.2, 0) is 7.05 Å². The molecule has 7 heteroatoms. The highest BCUT2D eigenvalue weighted by Crippen LogP contribution is 2.25. The minimum atomic E-state index is -0.411. The Morgan fingerprint density at radius 1 is 1.16 bits per heavy atom. The van der Waals surface area contributed by atoms with Gasteiger partial charge in [0.05, 0.1) is 5.52 Å². The maximum atomic E-state index is 11.6. The van der Waals surface area contributed by atoms with Gasteiger partial charge in [-0.2, -0.15) is 4.98 Å². The maximum Gasteiger partial charge on any atom is 0.419 e. The highest BCUT2D eigenvalue weighted by Gasteiger charge is 2.18. The van der Waals surface area contributed by atoms with E-state index >= 15 is 0 Å². The van der Waals surface area contributed by atoms with Gasteiger partial charge in [0.15, 0.2) is 11.7 Å². The first-order chi connectivity index (χ1) is 12.1. The van der Waals surface area contributed by atoms with Crippen LogP contribution >= 0.6 is 0 Å². The molecule has 2 aromatic heterocycles. The molecule has 25 heavy (non-hydrogen) atoms. The van der Waals surface area contributed by atoms with E-state index in [-0.39, 0.29) is 6.10 Å². The number of fused-ring (bicyclic) bond motifs is 1. The predicted octanol–water partition coefficient (Wildman–Crippen LogP) is 3.32. The average Bonchev–Trinajstić information content (AvgIpc) is 3.21. The summed E-state index contributed by atoms with van der Waals surface area (Å²) >= 11 is 0. The maximum absolute atomic E-state index is 11.6. The van der Waals surface area contributed by atoms with Gasteiger partial charge in [-0.1, -0.05) is 23.4 Å². The van der Waals surface area contributed by atoms with Crippen molar-refractivity contribution in [3.8, 4) is 17.1 Å². The summed E-state index contributed by atoms with van der Waals surface area (Å²) in [7, 11) is 1.66. The first-order valence-corrected chi connectivity index (χ1v) is 7.77. The molecule has 0 spiro atoms. The van der Waals surface area contributed by atoms with Crippen molar-refractivity contribution < 1.29 is 13.7 Å². The Balaban J connectivity index is 1.61. The molecule has 0 bridgehead atoms. The van der Waals surface area contributed by atoms with Gasteiger partial charge in [-0.05, 0) is 37.3 Å². The molecule has 7 nitrogen and oxygen atoms in total. The minimum Gasteiger partial charge on any atom is -0.481 e. The van der Waals surface area contributed by atoms with Crippen LogP contribution in [-0.4, -0.2) is 14.7 Å². The van der Waals surface area contributed by atoms with Crippen LogP contribution in [0.4, 0.5) is 0 Å². The van der Waals surface area contributed by atoms with E-state index in [0.29, 0.717) is 28.4 Å². The van der Waals surface area contributed by atoms with E-state index in [1.165, 1.54) is 4.57 Å². The summed E-state index contributed by atoms with van der Waals surface area (Å²) in [5, 5.41) is 3.99. The molecule has 0 saturated heterocycles. The second kappa shape index (κ2) is 5.94. The number of hydrogen-bond donors (Lipinski definition) is 0. The number of oxazole rings is 1. The third-order valence-corrected chi connectivity index (χ3v) is 3.90. The van der Waals surface area contributed by atoms with E-state index in [9.17, 15) is 4.79 Å². The summed E-state index contributed by atoms with van der Waals surface area (Å²) in [6.45, 7) is 1.84. The molecule has 0 saturated carbocycles. The van der Waals surface area contributed by atoms with Gasteiger partial charge in [-0.15, -0.1) is 0 Å². The number of aryl methyl sites for hydroxylation is 1. The molecule has 0 radical (unpaired) electrons. The van der Waals surface area contributed by atoms with E-state index in [1.807, 2.05) is 43.3 Å². The molecule has 0 fully saturated rings. The number of nitrogens with zero attached hydrogens (tertiary/aromatic N) is 3. The van der Waals surface area contributed by atoms with Crippen molar-refractivity contribution >= 4 is 11.1 Å². The van der Waals surface area contributed by atoms with E-state index in [1.54, 1.807) is 19.2 Å². The third kappa shape index (κ3) is 2.80. The summed E-state index contributed by atoms with van der Waals surface area (Å²) in [6, 6.07) is 14.7. The largest absolute Gasteiger partial charge is 0.481 e. The summed E-state index contributed by atoms with van der Waals surface area (Å²) in [5.74, 6) is 1.09. The van der Waals surface area contributed by atoms with Crippen molar-refractivity contribution in [3.05, 3.63) is 65.0 Å². The molecule has 0 aliphatic carbocycles. The van der Waals surface area contributed by atoms with Gasteiger partial charge in [0, 0.05) is 12.6 Å². The van der Waals surface area contributed by atoms with Crippen LogP contribution in [0.2, 0.25) is 0 Å². The fraction of sp³-hybridized carbons (Fsp3) is 0.167. The molecule has 2 aromatic carbocycles. The minimum absolute atomic E-state index is 0.369. The van der Waals surface area contributed by atoms with Gasteiger partial charge in [0.25, 0.3) is 5.89 Å². The number of aromatic nitrogens is 3. The summed E-state index contributed by atoms with van der Waals surface area (Å²) in [6.07, 6.45) is -0.387. The van der Waals surface area contributed by atoms with E-state index in [2.05, 4.69) is 10.1 Å². The van der Waals surface area contributed by atoms with Crippen molar-refractivity contribution in [2.24, 2.45) is 7.05 Å². The molecule has 1 atom stereocenters. The number of para-hydroxylation sites is 1. The Morgan fingerprint density at radius 2 is 1.96 bits per heavy atom. The van der Waals surface area contributed by atoms with Gasteiger partial charge in [-0.3, -0.25) is 4.57 Å². The molecule has 0 amide bonds. The molecule has 126 valence electrons. The Labute approximate surface area is 142 Å². The van der Waals surface area contributed by atoms with Gasteiger partial charge in [0.2, 0.25) is 5.82 Å². The first kappa shape index (κ1) is 15.2. The van der Waals surface area contributed by atoms with Crippen molar-refractivity contribution in [2.45, 2.75) is 13.0 Å². The lowest BCUT2D eigenvalue weighted by atomic mass is 10.2. The van der Waals surface area contributed by atoms with Crippen molar-refractivity contribution in [3.63, 3.8) is 0 Å². The van der Waals surface area contributed by atoms with Crippen molar-refractivity contribution in [2.75, 3.05) is 0 Å². The fourth-order valence-corrected chi connectivity index (χ4v) is 2.54. The Bertz CT molecular complexity index is 1080. The smallest absolute Gasteiger partial charge is 0.419 e. The molecule has 2 heterocycles. The lowest BCUT2D eigenvalue weighted by Crippen LogP contribution is -2.08.